The molecule has 110 valence electrons. The Balaban J connectivity index is 2.31. The molecule has 0 atom stereocenters. The lowest BCUT2D eigenvalue weighted by Gasteiger charge is -2.18. The fourth-order valence-electron chi connectivity index (χ4n) is 1.46. The SMILES string of the molecule is CC(C)(N)CNC(=O)CNC(=O)Cc1cccc(F)c1. The van der Waals surface area contributed by atoms with Gasteiger partial charge in [0.1, 0.15) is 5.82 Å². The minimum Gasteiger partial charge on any atom is -0.353 e. The summed E-state index contributed by atoms with van der Waals surface area (Å²) in [5.41, 5.74) is 5.78. The van der Waals surface area contributed by atoms with Crippen molar-refractivity contribution in [1.29, 1.82) is 0 Å². The van der Waals surface area contributed by atoms with Crippen molar-refractivity contribution in [1.82, 2.24) is 10.6 Å². The van der Waals surface area contributed by atoms with Crippen LogP contribution in [0.4, 0.5) is 4.39 Å². The standard InChI is InChI=1S/C14H20FN3O2/c1-14(2,16)9-18-13(20)8-17-12(19)7-10-4-3-5-11(15)6-10/h3-6H,7-9,16H2,1-2H3,(H,17,19)(H,18,20). The monoisotopic (exact) mass is 281 g/mol. The Kier molecular flexibility index (Phi) is 5.64. The third-order valence-corrected chi connectivity index (χ3v) is 2.44. The van der Waals surface area contributed by atoms with Crippen LogP contribution in [0.1, 0.15) is 19.4 Å². The van der Waals surface area contributed by atoms with Crippen molar-refractivity contribution in [2.24, 2.45) is 5.73 Å². The van der Waals surface area contributed by atoms with Crippen molar-refractivity contribution in [3.8, 4) is 0 Å². The Morgan fingerprint density at radius 1 is 1.25 bits per heavy atom. The number of amides is 2. The van der Waals surface area contributed by atoms with Gasteiger partial charge in [-0.25, -0.2) is 4.39 Å². The third-order valence-electron chi connectivity index (χ3n) is 2.44. The molecule has 0 heterocycles. The van der Waals surface area contributed by atoms with Crippen LogP contribution in [0.5, 0.6) is 0 Å². The van der Waals surface area contributed by atoms with Crippen molar-refractivity contribution in [2.75, 3.05) is 13.1 Å². The predicted octanol–water partition coefficient (Wildman–Crippen LogP) is 0.338. The molecule has 6 heteroatoms. The molecule has 0 unspecified atom stereocenters. The summed E-state index contributed by atoms with van der Waals surface area (Å²) in [6.45, 7) is 3.78. The summed E-state index contributed by atoms with van der Waals surface area (Å²) < 4.78 is 12.9. The van der Waals surface area contributed by atoms with Gasteiger partial charge in [-0.2, -0.15) is 0 Å². The van der Waals surface area contributed by atoms with Crippen molar-refractivity contribution in [3.63, 3.8) is 0 Å². The highest BCUT2D eigenvalue weighted by molar-refractivity contribution is 5.85. The van der Waals surface area contributed by atoms with E-state index in [2.05, 4.69) is 10.6 Å². The summed E-state index contributed by atoms with van der Waals surface area (Å²) >= 11 is 0. The number of halogens is 1. The maximum absolute atomic E-state index is 12.9. The molecule has 20 heavy (non-hydrogen) atoms. The van der Waals surface area contributed by atoms with Gasteiger partial charge in [0, 0.05) is 12.1 Å². The first-order valence-corrected chi connectivity index (χ1v) is 6.33. The summed E-state index contributed by atoms with van der Waals surface area (Å²) in [6, 6.07) is 5.79. The zero-order valence-electron chi connectivity index (χ0n) is 11.7. The fraction of sp³-hybridized carbons (Fsp3) is 0.429. The van der Waals surface area contributed by atoms with Gasteiger partial charge >= 0.3 is 0 Å². The van der Waals surface area contributed by atoms with Crippen LogP contribution in [-0.4, -0.2) is 30.4 Å². The zero-order chi connectivity index (χ0) is 15.2. The van der Waals surface area contributed by atoms with Gasteiger partial charge in [-0.05, 0) is 31.5 Å². The molecule has 0 aromatic heterocycles. The molecule has 0 aliphatic heterocycles. The highest BCUT2D eigenvalue weighted by atomic mass is 19.1. The molecular weight excluding hydrogens is 261 g/mol. The Labute approximate surface area is 117 Å². The molecule has 0 saturated heterocycles. The number of nitrogens with one attached hydrogen (secondary N) is 2. The Hall–Kier alpha value is -1.95. The molecule has 1 aromatic rings. The first-order valence-electron chi connectivity index (χ1n) is 6.33. The van der Waals surface area contributed by atoms with E-state index in [1.807, 2.05) is 0 Å². The molecule has 0 radical (unpaired) electrons. The smallest absolute Gasteiger partial charge is 0.239 e. The maximum atomic E-state index is 12.9. The highest BCUT2D eigenvalue weighted by Crippen LogP contribution is 2.03. The molecular formula is C14H20FN3O2. The number of benzene rings is 1. The van der Waals surface area contributed by atoms with E-state index < -0.39 is 11.4 Å². The summed E-state index contributed by atoms with van der Waals surface area (Å²) in [7, 11) is 0. The lowest BCUT2D eigenvalue weighted by molar-refractivity contribution is -0.125. The Morgan fingerprint density at radius 2 is 1.95 bits per heavy atom. The molecule has 5 nitrogen and oxygen atoms in total. The van der Waals surface area contributed by atoms with Crippen LogP contribution in [0, 0.1) is 5.82 Å². The fourth-order valence-corrected chi connectivity index (χ4v) is 1.46. The van der Waals surface area contributed by atoms with Gasteiger partial charge in [-0.15, -0.1) is 0 Å². The first kappa shape index (κ1) is 16.1. The van der Waals surface area contributed by atoms with E-state index in [-0.39, 0.29) is 24.8 Å². The number of carbonyl (C=O) groups is 2. The van der Waals surface area contributed by atoms with Crippen LogP contribution in [0.2, 0.25) is 0 Å². The Bertz CT molecular complexity index is 484. The van der Waals surface area contributed by atoms with Crippen molar-refractivity contribution in [2.45, 2.75) is 25.8 Å². The summed E-state index contributed by atoms with van der Waals surface area (Å²) in [4.78, 5) is 23.1. The second-order valence-electron chi connectivity index (χ2n) is 5.35. The second kappa shape index (κ2) is 7.00. The Morgan fingerprint density at radius 3 is 2.55 bits per heavy atom. The molecule has 1 aromatic carbocycles. The van der Waals surface area contributed by atoms with E-state index in [1.165, 1.54) is 18.2 Å². The van der Waals surface area contributed by atoms with Crippen molar-refractivity contribution < 1.29 is 14.0 Å². The second-order valence-corrected chi connectivity index (χ2v) is 5.35. The van der Waals surface area contributed by atoms with Gasteiger partial charge < -0.3 is 16.4 Å². The molecule has 0 spiro atoms. The summed E-state index contributed by atoms with van der Waals surface area (Å²) in [5.74, 6) is -1.04. The largest absolute Gasteiger partial charge is 0.353 e. The quantitative estimate of drug-likeness (QED) is 0.703. The van der Waals surface area contributed by atoms with Crippen LogP contribution in [0.3, 0.4) is 0 Å². The van der Waals surface area contributed by atoms with Gasteiger partial charge in [0.15, 0.2) is 0 Å². The molecule has 1 rings (SSSR count). The number of hydrogen-bond donors (Lipinski definition) is 3. The highest BCUT2D eigenvalue weighted by Gasteiger charge is 2.12. The normalized spacial score (nSPS) is 11.0. The average molecular weight is 281 g/mol. The number of carbonyl (C=O) groups excluding carboxylic acids is 2. The molecule has 0 bridgehead atoms. The lowest BCUT2D eigenvalue weighted by atomic mass is 10.1. The van der Waals surface area contributed by atoms with Gasteiger partial charge in [0.25, 0.3) is 0 Å². The number of nitrogens with two attached hydrogens (primary N) is 1. The van der Waals surface area contributed by atoms with Crippen LogP contribution in [0.15, 0.2) is 24.3 Å². The predicted molar refractivity (Wildman–Crippen MR) is 74.4 cm³/mol. The summed E-state index contributed by atoms with van der Waals surface area (Å²) in [5, 5.41) is 5.08. The third kappa shape index (κ3) is 6.84. The van der Waals surface area contributed by atoms with E-state index in [9.17, 15) is 14.0 Å². The minimum absolute atomic E-state index is 0.0351. The first-order chi connectivity index (χ1) is 9.26. The van der Waals surface area contributed by atoms with Crippen molar-refractivity contribution in [3.05, 3.63) is 35.6 Å². The van der Waals surface area contributed by atoms with E-state index in [1.54, 1.807) is 19.9 Å². The minimum atomic E-state index is -0.499. The van der Waals surface area contributed by atoms with Gasteiger partial charge in [0.2, 0.25) is 11.8 Å². The maximum Gasteiger partial charge on any atom is 0.239 e. The van der Waals surface area contributed by atoms with Crippen LogP contribution in [0.25, 0.3) is 0 Å². The number of hydrogen-bond acceptors (Lipinski definition) is 3. The lowest BCUT2D eigenvalue weighted by Crippen LogP contribution is -2.47. The average Bonchev–Trinajstić information content (AvgIpc) is 2.33. The zero-order valence-corrected chi connectivity index (χ0v) is 11.7. The van der Waals surface area contributed by atoms with E-state index >= 15 is 0 Å². The van der Waals surface area contributed by atoms with E-state index in [0.29, 0.717) is 12.1 Å². The van der Waals surface area contributed by atoms with Gasteiger partial charge in [-0.3, -0.25) is 9.59 Å². The molecule has 2 amide bonds. The number of rotatable bonds is 6. The van der Waals surface area contributed by atoms with Gasteiger partial charge in [-0.1, -0.05) is 12.1 Å². The van der Waals surface area contributed by atoms with Crippen molar-refractivity contribution >= 4 is 11.8 Å². The van der Waals surface area contributed by atoms with E-state index in [0.717, 1.165) is 0 Å². The molecule has 0 aliphatic rings. The molecule has 0 fully saturated rings. The molecule has 0 saturated carbocycles. The van der Waals surface area contributed by atoms with Crippen LogP contribution >= 0.6 is 0 Å². The van der Waals surface area contributed by atoms with Crippen LogP contribution in [-0.2, 0) is 16.0 Å². The topological polar surface area (TPSA) is 84.2 Å². The van der Waals surface area contributed by atoms with E-state index in [4.69, 9.17) is 5.73 Å². The molecule has 4 N–H and O–H groups in total. The molecule has 0 aliphatic carbocycles. The van der Waals surface area contributed by atoms with Gasteiger partial charge in [0.05, 0.1) is 13.0 Å². The summed E-state index contributed by atoms with van der Waals surface area (Å²) in [6.07, 6.45) is 0.0351. The van der Waals surface area contributed by atoms with Crippen LogP contribution < -0.4 is 16.4 Å².